The molecule has 1 aliphatic heterocycles. The van der Waals surface area contributed by atoms with Crippen LogP contribution >= 0.6 is 12.2 Å². The standard InChI is InChI=1S/C15H22N2S/c16-15(18)11-13-7-3-4-8-14(13)12-17-9-5-1-2-6-10-17/h3-4,7-8H,1-2,5-6,9-12H2,(H2,16,18). The Morgan fingerprint density at radius 3 is 2.28 bits per heavy atom. The van der Waals surface area contributed by atoms with Gasteiger partial charge in [-0.25, -0.2) is 0 Å². The van der Waals surface area contributed by atoms with Gasteiger partial charge in [0.2, 0.25) is 0 Å². The van der Waals surface area contributed by atoms with Crippen LogP contribution in [0.25, 0.3) is 0 Å². The molecule has 2 nitrogen and oxygen atoms in total. The summed E-state index contributed by atoms with van der Waals surface area (Å²) in [5.41, 5.74) is 8.34. The van der Waals surface area contributed by atoms with E-state index in [2.05, 4.69) is 29.2 Å². The molecule has 2 rings (SSSR count). The first kappa shape index (κ1) is 13.5. The van der Waals surface area contributed by atoms with E-state index in [1.807, 2.05) is 0 Å². The Hall–Kier alpha value is -0.930. The Labute approximate surface area is 115 Å². The molecule has 18 heavy (non-hydrogen) atoms. The minimum absolute atomic E-state index is 0.582. The van der Waals surface area contributed by atoms with E-state index < -0.39 is 0 Å². The first-order valence-corrected chi connectivity index (χ1v) is 7.24. The Kier molecular flexibility index (Phi) is 5.14. The minimum atomic E-state index is 0.582. The van der Waals surface area contributed by atoms with E-state index in [-0.39, 0.29) is 0 Å². The molecule has 1 aliphatic rings. The van der Waals surface area contributed by atoms with Gasteiger partial charge in [-0.3, -0.25) is 4.90 Å². The highest BCUT2D eigenvalue weighted by Crippen LogP contribution is 2.16. The van der Waals surface area contributed by atoms with Gasteiger partial charge in [-0.1, -0.05) is 49.3 Å². The topological polar surface area (TPSA) is 29.3 Å². The zero-order chi connectivity index (χ0) is 12.8. The molecule has 3 heteroatoms. The zero-order valence-electron chi connectivity index (χ0n) is 10.9. The van der Waals surface area contributed by atoms with Gasteiger partial charge in [-0.15, -0.1) is 0 Å². The van der Waals surface area contributed by atoms with Crippen molar-refractivity contribution in [2.45, 2.75) is 38.6 Å². The molecular formula is C15H22N2S. The number of nitrogens with two attached hydrogens (primary N) is 1. The second kappa shape index (κ2) is 6.86. The molecule has 1 saturated heterocycles. The maximum Gasteiger partial charge on any atom is 0.0771 e. The molecule has 1 aromatic carbocycles. The number of rotatable bonds is 4. The van der Waals surface area contributed by atoms with Crippen molar-refractivity contribution in [2.24, 2.45) is 5.73 Å². The maximum absolute atomic E-state index is 5.67. The molecule has 0 atom stereocenters. The zero-order valence-corrected chi connectivity index (χ0v) is 11.7. The highest BCUT2D eigenvalue weighted by Gasteiger charge is 2.11. The van der Waals surface area contributed by atoms with Crippen LogP contribution in [0.2, 0.25) is 0 Å². The number of hydrogen-bond acceptors (Lipinski definition) is 2. The molecule has 0 aromatic heterocycles. The quantitative estimate of drug-likeness (QED) is 0.846. The summed E-state index contributed by atoms with van der Waals surface area (Å²) in [7, 11) is 0. The molecule has 0 radical (unpaired) electrons. The van der Waals surface area contributed by atoms with Crippen LogP contribution in [-0.4, -0.2) is 23.0 Å². The smallest absolute Gasteiger partial charge is 0.0771 e. The van der Waals surface area contributed by atoms with E-state index in [0.29, 0.717) is 4.99 Å². The molecule has 0 spiro atoms. The fraction of sp³-hybridized carbons (Fsp3) is 0.533. The summed E-state index contributed by atoms with van der Waals surface area (Å²) < 4.78 is 0. The van der Waals surface area contributed by atoms with Crippen molar-refractivity contribution in [3.8, 4) is 0 Å². The van der Waals surface area contributed by atoms with Crippen molar-refractivity contribution in [1.29, 1.82) is 0 Å². The SMILES string of the molecule is NC(=S)Cc1ccccc1CN1CCCCCC1. The van der Waals surface area contributed by atoms with Crippen molar-refractivity contribution in [3.63, 3.8) is 0 Å². The number of hydrogen-bond donors (Lipinski definition) is 1. The van der Waals surface area contributed by atoms with Crippen LogP contribution in [0, 0.1) is 0 Å². The van der Waals surface area contributed by atoms with Gasteiger partial charge >= 0.3 is 0 Å². The van der Waals surface area contributed by atoms with Gasteiger partial charge < -0.3 is 5.73 Å². The summed E-state index contributed by atoms with van der Waals surface area (Å²) >= 11 is 5.03. The van der Waals surface area contributed by atoms with E-state index in [9.17, 15) is 0 Å². The monoisotopic (exact) mass is 262 g/mol. The average Bonchev–Trinajstić information content (AvgIpc) is 2.60. The molecular weight excluding hydrogens is 240 g/mol. The first-order valence-electron chi connectivity index (χ1n) is 6.83. The van der Waals surface area contributed by atoms with Crippen LogP contribution in [-0.2, 0) is 13.0 Å². The Morgan fingerprint density at radius 2 is 1.67 bits per heavy atom. The molecule has 1 fully saturated rings. The average molecular weight is 262 g/mol. The van der Waals surface area contributed by atoms with Crippen LogP contribution in [0.15, 0.2) is 24.3 Å². The predicted molar refractivity (Wildman–Crippen MR) is 80.7 cm³/mol. The Balaban J connectivity index is 2.04. The minimum Gasteiger partial charge on any atom is -0.393 e. The van der Waals surface area contributed by atoms with E-state index >= 15 is 0 Å². The largest absolute Gasteiger partial charge is 0.393 e. The van der Waals surface area contributed by atoms with Gasteiger partial charge in [0.25, 0.3) is 0 Å². The third-order valence-electron chi connectivity index (χ3n) is 3.58. The van der Waals surface area contributed by atoms with Crippen LogP contribution in [0.5, 0.6) is 0 Å². The molecule has 2 N–H and O–H groups in total. The molecule has 0 bridgehead atoms. The van der Waals surface area contributed by atoms with Gasteiger partial charge in [0.1, 0.15) is 0 Å². The molecule has 0 unspecified atom stereocenters. The summed E-state index contributed by atoms with van der Waals surface area (Å²) in [5.74, 6) is 0. The number of likely N-dealkylation sites (tertiary alicyclic amines) is 1. The summed E-state index contributed by atoms with van der Waals surface area (Å²) in [6.45, 7) is 3.49. The highest BCUT2D eigenvalue weighted by molar-refractivity contribution is 7.80. The second-order valence-corrected chi connectivity index (χ2v) is 5.63. The summed E-state index contributed by atoms with van der Waals surface area (Å²) in [6.07, 6.45) is 6.14. The number of benzene rings is 1. The van der Waals surface area contributed by atoms with Crippen LogP contribution in [0.4, 0.5) is 0 Å². The van der Waals surface area contributed by atoms with Crippen molar-refractivity contribution in [3.05, 3.63) is 35.4 Å². The van der Waals surface area contributed by atoms with Gasteiger partial charge in [0.15, 0.2) is 0 Å². The van der Waals surface area contributed by atoms with Gasteiger partial charge in [-0.05, 0) is 37.1 Å². The molecule has 1 aromatic rings. The normalized spacial score (nSPS) is 17.3. The van der Waals surface area contributed by atoms with Crippen molar-refractivity contribution < 1.29 is 0 Å². The van der Waals surface area contributed by atoms with E-state index in [1.54, 1.807) is 0 Å². The van der Waals surface area contributed by atoms with Crippen LogP contribution < -0.4 is 5.73 Å². The predicted octanol–water partition coefficient (Wildman–Crippen LogP) is 2.89. The molecule has 98 valence electrons. The maximum atomic E-state index is 5.67. The van der Waals surface area contributed by atoms with E-state index in [4.69, 9.17) is 18.0 Å². The molecule has 0 amide bonds. The number of thiocarbonyl (C=S) groups is 1. The lowest BCUT2D eigenvalue weighted by molar-refractivity contribution is 0.276. The lowest BCUT2D eigenvalue weighted by atomic mass is 10.0. The number of nitrogens with zero attached hydrogens (tertiary/aromatic N) is 1. The fourth-order valence-electron chi connectivity index (χ4n) is 2.61. The third-order valence-corrected chi connectivity index (χ3v) is 3.72. The highest BCUT2D eigenvalue weighted by atomic mass is 32.1. The van der Waals surface area contributed by atoms with Gasteiger partial charge in [-0.2, -0.15) is 0 Å². The van der Waals surface area contributed by atoms with Crippen molar-refractivity contribution >= 4 is 17.2 Å². The van der Waals surface area contributed by atoms with E-state index in [0.717, 1.165) is 13.0 Å². The second-order valence-electron chi connectivity index (χ2n) is 5.10. The van der Waals surface area contributed by atoms with E-state index in [1.165, 1.54) is 49.9 Å². The summed E-state index contributed by atoms with van der Waals surface area (Å²) in [5, 5.41) is 0. The first-order chi connectivity index (χ1) is 8.75. The molecule has 0 saturated carbocycles. The lowest BCUT2D eigenvalue weighted by Gasteiger charge is -2.21. The van der Waals surface area contributed by atoms with Crippen molar-refractivity contribution in [2.75, 3.05) is 13.1 Å². The Morgan fingerprint density at radius 1 is 1.06 bits per heavy atom. The molecule has 1 heterocycles. The molecule has 0 aliphatic carbocycles. The van der Waals surface area contributed by atoms with Crippen LogP contribution in [0.1, 0.15) is 36.8 Å². The fourth-order valence-corrected chi connectivity index (χ4v) is 2.76. The van der Waals surface area contributed by atoms with Crippen LogP contribution in [0.3, 0.4) is 0 Å². The summed E-state index contributed by atoms with van der Waals surface area (Å²) in [4.78, 5) is 3.14. The van der Waals surface area contributed by atoms with Crippen molar-refractivity contribution in [1.82, 2.24) is 4.90 Å². The Bertz CT molecular complexity index is 395. The third kappa shape index (κ3) is 4.07. The van der Waals surface area contributed by atoms with Gasteiger partial charge in [0, 0.05) is 13.0 Å². The lowest BCUT2D eigenvalue weighted by Crippen LogP contribution is -2.25. The van der Waals surface area contributed by atoms with Gasteiger partial charge in [0.05, 0.1) is 4.99 Å². The summed E-state index contributed by atoms with van der Waals surface area (Å²) in [6, 6.07) is 8.53.